The number of rotatable bonds is 7. The van der Waals surface area contributed by atoms with Gasteiger partial charge >= 0.3 is 0 Å². The molecule has 5 rings (SSSR count). The number of piperidine rings is 1. The summed E-state index contributed by atoms with van der Waals surface area (Å²) in [6.45, 7) is 4.54. The number of likely N-dealkylation sites (tertiary alicyclic amines) is 1. The van der Waals surface area contributed by atoms with Crippen molar-refractivity contribution >= 4 is 16.8 Å². The molecule has 0 aliphatic carbocycles. The Bertz CT molecular complexity index is 1340. The molecule has 0 N–H and O–H groups in total. The minimum Gasteiger partial charge on any atom is -0.469 e. The number of aryl methyl sites for hydroxylation is 1. The quantitative estimate of drug-likeness (QED) is 0.328. The van der Waals surface area contributed by atoms with Gasteiger partial charge in [-0.2, -0.15) is 0 Å². The highest BCUT2D eigenvalue weighted by Gasteiger charge is 2.33. The lowest BCUT2D eigenvalue weighted by Gasteiger charge is -2.40. The molecule has 1 amide bonds. The van der Waals surface area contributed by atoms with Crippen LogP contribution < -0.4 is 0 Å². The Morgan fingerprint density at radius 1 is 1.08 bits per heavy atom. The summed E-state index contributed by atoms with van der Waals surface area (Å²) in [4.78, 5) is 22.1. The molecule has 36 heavy (non-hydrogen) atoms. The number of fused-ring (bicyclic) bond motifs is 1. The highest BCUT2D eigenvalue weighted by molar-refractivity contribution is 5.95. The third kappa shape index (κ3) is 5.05. The van der Waals surface area contributed by atoms with Crippen LogP contribution in [0.4, 0.5) is 4.39 Å². The molecule has 3 heterocycles. The summed E-state index contributed by atoms with van der Waals surface area (Å²) in [5.41, 5.74) is 3.52. The van der Waals surface area contributed by atoms with Crippen molar-refractivity contribution in [2.24, 2.45) is 5.92 Å². The maximum Gasteiger partial charge on any atom is 0.257 e. The summed E-state index contributed by atoms with van der Waals surface area (Å²) in [7, 11) is 1.84. The molecular weight excluding hydrogens is 453 g/mol. The molecule has 0 bridgehead atoms. The number of furan rings is 1. The van der Waals surface area contributed by atoms with Crippen LogP contribution in [0.1, 0.15) is 40.1 Å². The van der Waals surface area contributed by atoms with Crippen molar-refractivity contribution in [1.82, 2.24) is 14.8 Å². The van der Waals surface area contributed by atoms with Crippen LogP contribution in [0.3, 0.4) is 0 Å². The van der Waals surface area contributed by atoms with E-state index >= 15 is 0 Å². The number of hydrogen-bond donors (Lipinski definition) is 0. The Kier molecular flexibility index (Phi) is 7.14. The molecule has 1 saturated heterocycles. The Labute approximate surface area is 211 Å². The van der Waals surface area contributed by atoms with Gasteiger partial charge in [-0.15, -0.1) is 0 Å². The molecule has 6 heteroatoms. The summed E-state index contributed by atoms with van der Waals surface area (Å²) >= 11 is 0. The van der Waals surface area contributed by atoms with Gasteiger partial charge in [-0.1, -0.05) is 36.4 Å². The summed E-state index contributed by atoms with van der Waals surface area (Å²) in [5.74, 6) is 0.588. The van der Waals surface area contributed by atoms with Crippen LogP contribution in [0.25, 0.3) is 10.9 Å². The molecule has 186 valence electrons. The fraction of sp³-hybridized carbons (Fsp3) is 0.333. The summed E-state index contributed by atoms with van der Waals surface area (Å²) < 4.78 is 20.0. The van der Waals surface area contributed by atoms with E-state index < -0.39 is 0 Å². The van der Waals surface area contributed by atoms with Gasteiger partial charge in [-0.25, -0.2) is 4.39 Å². The van der Waals surface area contributed by atoms with Crippen LogP contribution >= 0.6 is 0 Å². The van der Waals surface area contributed by atoms with E-state index in [-0.39, 0.29) is 23.7 Å². The molecule has 5 nitrogen and oxygen atoms in total. The lowest BCUT2D eigenvalue weighted by Crippen LogP contribution is -2.47. The first-order valence-corrected chi connectivity index (χ1v) is 12.6. The zero-order valence-electron chi connectivity index (χ0n) is 20.9. The number of pyridine rings is 1. The number of carbonyl (C=O) groups excluding carboxylic acids is 1. The van der Waals surface area contributed by atoms with Crippen molar-refractivity contribution in [3.05, 3.63) is 101 Å². The summed E-state index contributed by atoms with van der Waals surface area (Å²) in [6.07, 6.45) is 5.76. The fourth-order valence-electron chi connectivity index (χ4n) is 5.50. The molecule has 1 fully saturated rings. The normalized spacial score (nSPS) is 15.8. The monoisotopic (exact) mass is 485 g/mol. The Hall–Kier alpha value is -3.51. The third-order valence-electron chi connectivity index (χ3n) is 7.60. The number of amides is 1. The average molecular weight is 486 g/mol. The molecule has 2 aromatic heterocycles. The van der Waals surface area contributed by atoms with E-state index in [1.165, 1.54) is 17.0 Å². The van der Waals surface area contributed by atoms with E-state index in [4.69, 9.17) is 4.42 Å². The highest BCUT2D eigenvalue weighted by Crippen LogP contribution is 2.30. The second kappa shape index (κ2) is 10.6. The van der Waals surface area contributed by atoms with Gasteiger partial charge in [0.1, 0.15) is 11.6 Å². The number of hydrogen-bond acceptors (Lipinski definition) is 4. The number of aromatic nitrogens is 1. The van der Waals surface area contributed by atoms with Crippen molar-refractivity contribution < 1.29 is 13.6 Å². The Balaban J connectivity index is 1.32. The standard InChI is InChI=1S/C30H32FN3O2/c1-21-25(14-18-36-21)30(35)33(2)29(19-23-7-3-4-10-27(23)31)22-12-16-34(17-13-22)20-24-8-5-11-28-26(24)9-6-15-32-28/h3-11,14-15,18,22,29H,12-13,16-17,19-20H2,1-2H3/t29-/m1/s1. The van der Waals surface area contributed by atoms with Crippen LogP contribution in [-0.4, -0.2) is 46.9 Å². The second-order valence-corrected chi connectivity index (χ2v) is 9.77. The second-order valence-electron chi connectivity index (χ2n) is 9.77. The zero-order chi connectivity index (χ0) is 25.1. The first kappa shape index (κ1) is 24.2. The van der Waals surface area contributed by atoms with Gasteiger partial charge in [-0.3, -0.25) is 14.7 Å². The number of nitrogens with zero attached hydrogens (tertiary/aromatic N) is 3. The van der Waals surface area contributed by atoms with Crippen LogP contribution in [0.2, 0.25) is 0 Å². The number of halogens is 1. The van der Waals surface area contributed by atoms with E-state index in [0.717, 1.165) is 38.0 Å². The molecule has 0 spiro atoms. The van der Waals surface area contributed by atoms with E-state index in [0.29, 0.717) is 23.3 Å². The van der Waals surface area contributed by atoms with Crippen LogP contribution in [-0.2, 0) is 13.0 Å². The number of carbonyl (C=O) groups is 1. The lowest BCUT2D eigenvalue weighted by molar-refractivity contribution is 0.0582. The van der Waals surface area contributed by atoms with Crippen LogP contribution in [0.5, 0.6) is 0 Å². The summed E-state index contributed by atoms with van der Waals surface area (Å²) in [6, 6.07) is 18.9. The molecule has 0 unspecified atom stereocenters. The molecule has 0 saturated carbocycles. The van der Waals surface area contributed by atoms with E-state index in [1.807, 2.05) is 37.5 Å². The average Bonchev–Trinajstić information content (AvgIpc) is 3.34. The first-order valence-electron chi connectivity index (χ1n) is 12.6. The van der Waals surface area contributed by atoms with Gasteiger partial charge in [0.05, 0.1) is 17.3 Å². The molecule has 1 aliphatic heterocycles. The number of likely N-dealkylation sites (N-methyl/N-ethyl adjacent to an activating group) is 1. The molecule has 2 aromatic carbocycles. The van der Waals surface area contributed by atoms with Crippen molar-refractivity contribution in [2.45, 2.75) is 38.8 Å². The predicted octanol–water partition coefficient (Wildman–Crippen LogP) is 5.87. The molecular formula is C30H32FN3O2. The van der Waals surface area contributed by atoms with Crippen LogP contribution in [0.15, 0.2) is 77.5 Å². The van der Waals surface area contributed by atoms with E-state index in [9.17, 15) is 9.18 Å². The van der Waals surface area contributed by atoms with Crippen molar-refractivity contribution in [1.29, 1.82) is 0 Å². The summed E-state index contributed by atoms with van der Waals surface area (Å²) in [5, 5.41) is 1.19. The molecule has 1 aliphatic rings. The first-order chi connectivity index (χ1) is 17.5. The third-order valence-corrected chi connectivity index (χ3v) is 7.60. The van der Waals surface area contributed by atoms with Crippen molar-refractivity contribution in [3.8, 4) is 0 Å². The zero-order valence-corrected chi connectivity index (χ0v) is 20.9. The van der Waals surface area contributed by atoms with Crippen LogP contribution in [0, 0.1) is 18.7 Å². The van der Waals surface area contributed by atoms with Crippen molar-refractivity contribution in [2.75, 3.05) is 20.1 Å². The smallest absolute Gasteiger partial charge is 0.257 e. The van der Waals surface area contributed by atoms with E-state index in [1.54, 1.807) is 30.2 Å². The maximum atomic E-state index is 14.6. The fourth-order valence-corrected chi connectivity index (χ4v) is 5.50. The molecule has 1 atom stereocenters. The largest absolute Gasteiger partial charge is 0.469 e. The molecule has 0 radical (unpaired) electrons. The highest BCUT2D eigenvalue weighted by atomic mass is 19.1. The van der Waals surface area contributed by atoms with Gasteiger partial charge < -0.3 is 9.32 Å². The number of benzene rings is 2. The predicted molar refractivity (Wildman–Crippen MR) is 139 cm³/mol. The minimum atomic E-state index is -0.218. The maximum absolute atomic E-state index is 14.6. The van der Waals surface area contributed by atoms with Gasteiger partial charge in [0, 0.05) is 31.2 Å². The molecule has 4 aromatic rings. The van der Waals surface area contributed by atoms with Gasteiger partial charge in [0.25, 0.3) is 5.91 Å². The lowest BCUT2D eigenvalue weighted by atomic mass is 9.84. The van der Waals surface area contributed by atoms with Crippen molar-refractivity contribution in [3.63, 3.8) is 0 Å². The van der Waals surface area contributed by atoms with Gasteiger partial charge in [0.15, 0.2) is 0 Å². The topological polar surface area (TPSA) is 49.6 Å². The van der Waals surface area contributed by atoms with Gasteiger partial charge in [-0.05, 0) is 80.6 Å². The SMILES string of the molecule is Cc1occc1C(=O)N(C)[C@H](Cc1ccccc1F)C1CCN(Cc2cccc3ncccc23)CC1. The van der Waals surface area contributed by atoms with E-state index in [2.05, 4.69) is 28.1 Å². The van der Waals surface area contributed by atoms with Gasteiger partial charge in [0.2, 0.25) is 0 Å². The Morgan fingerprint density at radius 2 is 1.86 bits per heavy atom. The Morgan fingerprint density at radius 3 is 2.61 bits per heavy atom. The minimum absolute atomic E-state index is 0.0757.